The quantitative estimate of drug-likeness (QED) is 0.135. The molecular formula is C61H43N7. The number of hydrogen-bond donors (Lipinski definition) is 0. The molecule has 0 saturated heterocycles. The lowest BCUT2D eigenvalue weighted by atomic mass is 9.93. The van der Waals surface area contributed by atoms with Gasteiger partial charge in [-0.1, -0.05) is 188 Å². The van der Waals surface area contributed by atoms with E-state index in [4.69, 9.17) is 29.9 Å². The molecule has 0 spiro atoms. The van der Waals surface area contributed by atoms with Gasteiger partial charge in [0.1, 0.15) is 5.82 Å². The van der Waals surface area contributed by atoms with Crippen molar-refractivity contribution in [2.75, 3.05) is 0 Å². The Labute approximate surface area is 395 Å². The minimum Gasteiger partial charge on any atom is -0.239 e. The fourth-order valence-corrected chi connectivity index (χ4v) is 8.51. The standard InChI is InChI=1S/C61H43N7/c1-40-34-55(63-41(2)62-40)54-37-52(44-28-32-49(33-29-44)60-67-58(47-20-11-5-12-21-47)66-59(68-60)48-22-13-6-14-23-48)36-53(38-54)50-24-15-25-51(35-50)61-64-56(45-18-9-4-10-19-45)39-57(65-61)46-30-26-43(27-31-46)42-16-7-3-8-17-42/h3-39H,1-2H3. The summed E-state index contributed by atoms with van der Waals surface area (Å²) in [4.78, 5) is 34.7. The topological polar surface area (TPSA) is 90.2 Å². The van der Waals surface area contributed by atoms with E-state index in [0.29, 0.717) is 23.3 Å². The summed E-state index contributed by atoms with van der Waals surface area (Å²) in [5.74, 6) is 3.22. The summed E-state index contributed by atoms with van der Waals surface area (Å²) in [6.07, 6.45) is 0. The van der Waals surface area contributed by atoms with E-state index in [1.807, 2.05) is 105 Å². The average Bonchev–Trinajstić information content (AvgIpc) is 3.41. The van der Waals surface area contributed by atoms with Gasteiger partial charge < -0.3 is 0 Å². The van der Waals surface area contributed by atoms with E-state index in [9.17, 15) is 0 Å². The van der Waals surface area contributed by atoms with Crippen LogP contribution in [-0.4, -0.2) is 34.9 Å². The van der Waals surface area contributed by atoms with E-state index in [2.05, 4.69) is 138 Å². The van der Waals surface area contributed by atoms with Crippen LogP contribution >= 0.6 is 0 Å². The van der Waals surface area contributed by atoms with E-state index >= 15 is 0 Å². The SMILES string of the molecule is Cc1cc(-c2cc(-c3ccc(-c4nc(-c5ccccc5)nc(-c5ccccc5)n4)cc3)cc(-c3cccc(-c4nc(-c5ccccc5)cc(-c5ccc(-c6ccccc6)cc5)n4)c3)c2)nc(C)n1. The molecule has 7 nitrogen and oxygen atoms in total. The van der Waals surface area contributed by atoms with Gasteiger partial charge in [0.2, 0.25) is 0 Å². The van der Waals surface area contributed by atoms with Gasteiger partial charge in [-0.3, -0.25) is 0 Å². The molecule has 0 fully saturated rings. The first-order chi connectivity index (χ1) is 33.5. The molecule has 0 bridgehead atoms. The molecule has 0 unspecified atom stereocenters. The Balaban J connectivity index is 0.991. The van der Waals surface area contributed by atoms with E-state index in [1.54, 1.807) is 0 Å². The van der Waals surface area contributed by atoms with Crippen molar-refractivity contribution in [3.8, 4) is 113 Å². The fourth-order valence-electron chi connectivity index (χ4n) is 8.51. The lowest BCUT2D eigenvalue weighted by Crippen LogP contribution is -2.00. The highest BCUT2D eigenvalue weighted by molar-refractivity contribution is 5.83. The van der Waals surface area contributed by atoms with Crippen molar-refractivity contribution >= 4 is 0 Å². The maximum absolute atomic E-state index is 5.22. The molecule has 0 saturated carbocycles. The van der Waals surface area contributed by atoms with Crippen LogP contribution in [0.5, 0.6) is 0 Å². The second-order valence-electron chi connectivity index (χ2n) is 16.7. The molecular weight excluding hydrogens is 831 g/mol. The number of aryl methyl sites for hydroxylation is 2. The zero-order valence-corrected chi connectivity index (χ0v) is 37.5. The van der Waals surface area contributed by atoms with Crippen LogP contribution in [0.15, 0.2) is 224 Å². The molecule has 0 aliphatic carbocycles. The molecule has 3 heterocycles. The van der Waals surface area contributed by atoms with Crippen LogP contribution in [-0.2, 0) is 0 Å². The van der Waals surface area contributed by atoms with Crippen LogP contribution in [0.3, 0.4) is 0 Å². The molecule has 68 heavy (non-hydrogen) atoms. The highest BCUT2D eigenvalue weighted by Gasteiger charge is 2.16. The Bertz CT molecular complexity index is 3470. The lowest BCUT2D eigenvalue weighted by Gasteiger charge is -2.14. The molecule has 11 aromatic rings. The number of nitrogens with zero attached hydrogens (tertiary/aromatic N) is 7. The van der Waals surface area contributed by atoms with Crippen LogP contribution in [0.25, 0.3) is 113 Å². The Morgan fingerprint density at radius 3 is 1.09 bits per heavy atom. The normalized spacial score (nSPS) is 11.1. The van der Waals surface area contributed by atoms with Crippen molar-refractivity contribution in [3.63, 3.8) is 0 Å². The van der Waals surface area contributed by atoms with Crippen molar-refractivity contribution in [2.45, 2.75) is 13.8 Å². The third kappa shape index (κ3) is 8.97. The first-order valence-corrected chi connectivity index (χ1v) is 22.6. The molecule has 322 valence electrons. The van der Waals surface area contributed by atoms with E-state index in [0.717, 1.165) is 95.4 Å². The minimum atomic E-state index is 0.605. The fraction of sp³-hybridized carbons (Fsp3) is 0.0328. The van der Waals surface area contributed by atoms with Gasteiger partial charge >= 0.3 is 0 Å². The average molecular weight is 874 g/mol. The van der Waals surface area contributed by atoms with Crippen LogP contribution in [0, 0.1) is 13.8 Å². The van der Waals surface area contributed by atoms with Gasteiger partial charge in [0.15, 0.2) is 23.3 Å². The summed E-state index contributed by atoms with van der Waals surface area (Å²) in [6.45, 7) is 3.95. The summed E-state index contributed by atoms with van der Waals surface area (Å²) < 4.78 is 0. The molecule has 11 rings (SSSR count). The summed E-state index contributed by atoms with van der Waals surface area (Å²) >= 11 is 0. The molecule has 0 radical (unpaired) electrons. The van der Waals surface area contributed by atoms with Gasteiger partial charge in [0.25, 0.3) is 0 Å². The summed E-state index contributed by atoms with van der Waals surface area (Å²) in [5, 5.41) is 0. The second-order valence-corrected chi connectivity index (χ2v) is 16.7. The van der Waals surface area contributed by atoms with Gasteiger partial charge in [-0.2, -0.15) is 0 Å². The van der Waals surface area contributed by atoms with Gasteiger partial charge in [-0.15, -0.1) is 0 Å². The predicted molar refractivity (Wildman–Crippen MR) is 275 cm³/mol. The Morgan fingerprint density at radius 2 is 0.544 bits per heavy atom. The van der Waals surface area contributed by atoms with E-state index in [-0.39, 0.29) is 0 Å². The van der Waals surface area contributed by atoms with Gasteiger partial charge in [-0.25, -0.2) is 34.9 Å². The van der Waals surface area contributed by atoms with E-state index in [1.165, 1.54) is 5.56 Å². The zero-order valence-electron chi connectivity index (χ0n) is 37.5. The smallest absolute Gasteiger partial charge is 0.164 e. The van der Waals surface area contributed by atoms with Crippen molar-refractivity contribution in [1.82, 2.24) is 34.9 Å². The van der Waals surface area contributed by atoms with E-state index < -0.39 is 0 Å². The lowest BCUT2D eigenvalue weighted by molar-refractivity contribution is 1.02. The molecule has 8 aromatic carbocycles. The molecule has 3 aromatic heterocycles. The summed E-state index contributed by atoms with van der Waals surface area (Å²) in [5.41, 5.74) is 16.6. The summed E-state index contributed by atoms with van der Waals surface area (Å²) in [6, 6.07) is 77.1. The van der Waals surface area contributed by atoms with Crippen LogP contribution in [0.1, 0.15) is 11.5 Å². The molecule has 0 N–H and O–H groups in total. The maximum Gasteiger partial charge on any atom is 0.164 e. The monoisotopic (exact) mass is 873 g/mol. The van der Waals surface area contributed by atoms with Gasteiger partial charge in [-0.05, 0) is 83.6 Å². The number of benzene rings is 8. The number of hydrogen-bond acceptors (Lipinski definition) is 7. The van der Waals surface area contributed by atoms with Crippen molar-refractivity contribution in [3.05, 3.63) is 236 Å². The van der Waals surface area contributed by atoms with Crippen molar-refractivity contribution in [1.29, 1.82) is 0 Å². The highest BCUT2D eigenvalue weighted by Crippen LogP contribution is 2.36. The third-order valence-corrected chi connectivity index (χ3v) is 11.9. The Morgan fingerprint density at radius 1 is 0.206 bits per heavy atom. The molecule has 0 aliphatic heterocycles. The van der Waals surface area contributed by atoms with Crippen LogP contribution in [0.4, 0.5) is 0 Å². The Kier molecular flexibility index (Phi) is 11.3. The van der Waals surface area contributed by atoms with Crippen molar-refractivity contribution in [2.24, 2.45) is 0 Å². The summed E-state index contributed by atoms with van der Waals surface area (Å²) in [7, 11) is 0. The van der Waals surface area contributed by atoms with Crippen LogP contribution < -0.4 is 0 Å². The third-order valence-electron chi connectivity index (χ3n) is 11.9. The zero-order chi connectivity index (χ0) is 45.8. The highest BCUT2D eigenvalue weighted by atomic mass is 15.0. The van der Waals surface area contributed by atoms with Gasteiger partial charge in [0.05, 0.1) is 17.1 Å². The van der Waals surface area contributed by atoms with Crippen LogP contribution in [0.2, 0.25) is 0 Å². The molecule has 7 heteroatoms. The van der Waals surface area contributed by atoms with Gasteiger partial charge in [0, 0.05) is 44.6 Å². The molecule has 0 amide bonds. The first-order valence-electron chi connectivity index (χ1n) is 22.6. The number of aromatic nitrogens is 7. The van der Waals surface area contributed by atoms with Crippen molar-refractivity contribution < 1.29 is 0 Å². The molecule has 0 aliphatic rings. The Hall–Kier alpha value is -9.07. The molecule has 0 atom stereocenters. The predicted octanol–water partition coefficient (Wildman–Crippen LogP) is 14.7. The maximum atomic E-state index is 5.22. The minimum absolute atomic E-state index is 0.605. The number of rotatable bonds is 10. The largest absolute Gasteiger partial charge is 0.239 e. The second kappa shape index (κ2) is 18.4. The first kappa shape index (κ1) is 41.6.